The van der Waals surface area contributed by atoms with Gasteiger partial charge in [-0.3, -0.25) is 4.79 Å². The van der Waals surface area contributed by atoms with E-state index < -0.39 is 16.9 Å². The summed E-state index contributed by atoms with van der Waals surface area (Å²) in [6.07, 6.45) is 1.10. The Balaban J connectivity index is 2.30. The lowest BCUT2D eigenvalue weighted by molar-refractivity contribution is 0.368. The zero-order valence-electron chi connectivity index (χ0n) is 14.3. The Morgan fingerprint density at radius 2 is 1.52 bits per heavy atom. The van der Waals surface area contributed by atoms with Gasteiger partial charge in [-0.25, -0.2) is 0 Å². The third-order valence-corrected chi connectivity index (χ3v) is 4.24. The van der Waals surface area contributed by atoms with Crippen molar-refractivity contribution in [2.45, 2.75) is 33.6 Å². The second-order valence-corrected chi connectivity index (χ2v) is 7.42. The summed E-state index contributed by atoms with van der Waals surface area (Å²) in [6.45, 7) is 6.12. The van der Waals surface area contributed by atoms with Crippen LogP contribution in [0.5, 0.6) is 23.0 Å². The number of fused-ring (bicyclic) bond motifs is 2. The van der Waals surface area contributed by atoms with Gasteiger partial charge < -0.3 is 24.8 Å². The van der Waals surface area contributed by atoms with Crippen molar-refractivity contribution in [3.8, 4) is 23.0 Å². The average molecular weight is 344 g/mol. The fraction of sp³-hybridized carbons (Fsp3) is 0.316. The fourth-order valence-corrected chi connectivity index (χ4v) is 2.79. The molecule has 0 saturated carbocycles. The van der Waals surface area contributed by atoms with E-state index in [0.29, 0.717) is 12.8 Å². The number of hydrogen-bond donors (Lipinski definition) is 4. The van der Waals surface area contributed by atoms with Crippen molar-refractivity contribution >= 4 is 21.9 Å². The molecule has 0 atom stereocenters. The summed E-state index contributed by atoms with van der Waals surface area (Å²) in [5.74, 6) is -1.35. The Morgan fingerprint density at radius 3 is 2.16 bits per heavy atom. The number of rotatable bonds is 2. The Kier molecular flexibility index (Phi) is 3.78. The Hall–Kier alpha value is -2.89. The Labute approximate surface area is 143 Å². The third-order valence-electron chi connectivity index (χ3n) is 4.24. The van der Waals surface area contributed by atoms with Crippen LogP contribution in [0.25, 0.3) is 21.9 Å². The summed E-state index contributed by atoms with van der Waals surface area (Å²) in [5.41, 5.74) is -0.199. The van der Waals surface area contributed by atoms with Gasteiger partial charge in [0, 0.05) is 17.7 Å². The molecule has 4 N–H and O–H groups in total. The van der Waals surface area contributed by atoms with Crippen molar-refractivity contribution in [1.29, 1.82) is 0 Å². The van der Waals surface area contributed by atoms with Crippen molar-refractivity contribution in [1.82, 2.24) is 0 Å². The SMILES string of the molecule is CC(C)(C)CCc1c(O)cc2oc3cc(O)c(O)cc3c(=O)c2c1O. The van der Waals surface area contributed by atoms with E-state index in [9.17, 15) is 25.2 Å². The summed E-state index contributed by atoms with van der Waals surface area (Å²) >= 11 is 0. The van der Waals surface area contributed by atoms with E-state index in [-0.39, 0.29) is 44.4 Å². The van der Waals surface area contributed by atoms with Crippen molar-refractivity contribution in [3.05, 3.63) is 34.0 Å². The van der Waals surface area contributed by atoms with Gasteiger partial charge in [0.15, 0.2) is 11.5 Å². The van der Waals surface area contributed by atoms with Gasteiger partial charge in [0.25, 0.3) is 0 Å². The highest BCUT2D eigenvalue weighted by atomic mass is 16.3. The van der Waals surface area contributed by atoms with E-state index in [1.54, 1.807) is 0 Å². The van der Waals surface area contributed by atoms with Gasteiger partial charge in [-0.05, 0) is 24.3 Å². The monoisotopic (exact) mass is 344 g/mol. The molecule has 0 amide bonds. The standard InChI is InChI=1S/C19H20O6/c1-19(2,3)5-4-9-11(20)7-15-16(17(9)23)18(24)10-6-12(21)13(22)8-14(10)25-15/h6-8,20-23H,4-5H2,1-3H3. The lowest BCUT2D eigenvalue weighted by Gasteiger charge is -2.19. The predicted molar refractivity (Wildman–Crippen MR) is 94.4 cm³/mol. The molecule has 3 aromatic rings. The molecule has 0 bridgehead atoms. The molecule has 0 radical (unpaired) electrons. The zero-order valence-corrected chi connectivity index (χ0v) is 14.3. The molecule has 0 aliphatic carbocycles. The molecule has 0 aliphatic heterocycles. The first-order valence-corrected chi connectivity index (χ1v) is 7.95. The molecular formula is C19H20O6. The maximum absolute atomic E-state index is 12.7. The normalized spacial score (nSPS) is 12.1. The molecule has 0 fully saturated rings. The average Bonchev–Trinajstić information content (AvgIpc) is 2.48. The first kappa shape index (κ1) is 17.0. The lowest BCUT2D eigenvalue weighted by atomic mass is 9.88. The quantitative estimate of drug-likeness (QED) is 0.416. The molecule has 6 nitrogen and oxygen atoms in total. The smallest absolute Gasteiger partial charge is 0.204 e. The molecule has 0 aliphatic rings. The summed E-state index contributed by atoms with van der Waals surface area (Å²) < 4.78 is 5.53. The predicted octanol–water partition coefficient (Wildman–Crippen LogP) is 3.75. The second-order valence-electron chi connectivity index (χ2n) is 7.42. The molecule has 1 heterocycles. The van der Waals surface area contributed by atoms with Crippen molar-refractivity contribution < 1.29 is 24.8 Å². The van der Waals surface area contributed by atoms with Crippen molar-refractivity contribution in [2.75, 3.05) is 0 Å². The zero-order chi connectivity index (χ0) is 18.5. The largest absolute Gasteiger partial charge is 0.507 e. The maximum atomic E-state index is 12.7. The van der Waals surface area contributed by atoms with Crippen LogP contribution in [0.4, 0.5) is 0 Å². The third kappa shape index (κ3) is 2.95. The molecule has 2 aromatic carbocycles. The molecule has 3 rings (SSSR count). The van der Waals surface area contributed by atoms with Crippen LogP contribution in [0.3, 0.4) is 0 Å². The van der Waals surface area contributed by atoms with E-state index in [2.05, 4.69) is 0 Å². The molecule has 0 saturated heterocycles. The van der Waals surface area contributed by atoms with E-state index >= 15 is 0 Å². The molecule has 6 heteroatoms. The van der Waals surface area contributed by atoms with Gasteiger partial charge in [-0.15, -0.1) is 0 Å². The number of aromatic hydroxyl groups is 4. The van der Waals surface area contributed by atoms with Crippen LogP contribution in [0.15, 0.2) is 27.4 Å². The first-order chi connectivity index (χ1) is 11.6. The van der Waals surface area contributed by atoms with Gasteiger partial charge in [0.2, 0.25) is 5.43 Å². The van der Waals surface area contributed by atoms with Crippen LogP contribution in [0, 0.1) is 5.41 Å². The number of phenolic OH excluding ortho intramolecular Hbond substituents is 4. The first-order valence-electron chi connectivity index (χ1n) is 7.95. The van der Waals surface area contributed by atoms with E-state index in [1.807, 2.05) is 20.8 Å². The maximum Gasteiger partial charge on any atom is 0.204 e. The molecule has 0 spiro atoms. The minimum atomic E-state index is -0.541. The van der Waals surface area contributed by atoms with Crippen LogP contribution < -0.4 is 5.43 Å². The highest BCUT2D eigenvalue weighted by Gasteiger charge is 2.21. The summed E-state index contributed by atoms with van der Waals surface area (Å²) in [5, 5.41) is 40.0. The molecular weight excluding hydrogens is 324 g/mol. The molecule has 25 heavy (non-hydrogen) atoms. The van der Waals surface area contributed by atoms with Gasteiger partial charge in [-0.1, -0.05) is 20.8 Å². The van der Waals surface area contributed by atoms with Crippen molar-refractivity contribution in [2.24, 2.45) is 5.41 Å². The number of hydrogen-bond acceptors (Lipinski definition) is 6. The summed E-state index contributed by atoms with van der Waals surface area (Å²) in [4.78, 5) is 12.7. The molecule has 132 valence electrons. The minimum absolute atomic E-state index is 0.00872. The van der Waals surface area contributed by atoms with Gasteiger partial charge in [0.05, 0.1) is 5.39 Å². The highest BCUT2D eigenvalue weighted by molar-refractivity contribution is 5.95. The van der Waals surface area contributed by atoms with Crippen molar-refractivity contribution in [3.63, 3.8) is 0 Å². The van der Waals surface area contributed by atoms with Gasteiger partial charge >= 0.3 is 0 Å². The molecule has 0 unspecified atom stereocenters. The second kappa shape index (κ2) is 5.58. The van der Waals surface area contributed by atoms with E-state index in [4.69, 9.17) is 4.42 Å². The Bertz CT molecular complexity index is 1040. The summed E-state index contributed by atoms with van der Waals surface area (Å²) in [7, 11) is 0. The van der Waals surface area contributed by atoms with Crippen LogP contribution in [0.2, 0.25) is 0 Å². The highest BCUT2D eigenvalue weighted by Crippen LogP contribution is 2.38. The van der Waals surface area contributed by atoms with Crippen LogP contribution in [-0.2, 0) is 6.42 Å². The van der Waals surface area contributed by atoms with Gasteiger partial charge in [-0.2, -0.15) is 0 Å². The van der Waals surface area contributed by atoms with Crippen LogP contribution in [-0.4, -0.2) is 20.4 Å². The van der Waals surface area contributed by atoms with Crippen LogP contribution in [0.1, 0.15) is 32.8 Å². The fourth-order valence-electron chi connectivity index (χ4n) is 2.79. The number of benzene rings is 2. The van der Waals surface area contributed by atoms with E-state index in [1.165, 1.54) is 6.07 Å². The van der Waals surface area contributed by atoms with Crippen LogP contribution >= 0.6 is 0 Å². The van der Waals surface area contributed by atoms with Gasteiger partial charge in [0.1, 0.15) is 28.1 Å². The van der Waals surface area contributed by atoms with E-state index in [0.717, 1.165) is 12.1 Å². The Morgan fingerprint density at radius 1 is 0.920 bits per heavy atom. The molecule has 1 aromatic heterocycles. The topological polar surface area (TPSA) is 111 Å². The lowest BCUT2D eigenvalue weighted by Crippen LogP contribution is -2.08. The minimum Gasteiger partial charge on any atom is -0.507 e. The number of phenols is 4. The summed E-state index contributed by atoms with van der Waals surface area (Å²) in [6, 6.07) is 3.50.